The van der Waals surface area contributed by atoms with Gasteiger partial charge < -0.3 is 15.0 Å². The molecule has 1 saturated heterocycles. The van der Waals surface area contributed by atoms with Gasteiger partial charge in [-0.1, -0.05) is 12.1 Å². The average Bonchev–Trinajstić information content (AvgIpc) is 2.86. The van der Waals surface area contributed by atoms with Gasteiger partial charge in [0.15, 0.2) is 0 Å². The van der Waals surface area contributed by atoms with Crippen molar-refractivity contribution in [1.29, 1.82) is 0 Å². The van der Waals surface area contributed by atoms with Gasteiger partial charge in [-0.05, 0) is 37.0 Å². The summed E-state index contributed by atoms with van der Waals surface area (Å²) in [7, 11) is 1.65. The molecule has 2 amide bonds. The van der Waals surface area contributed by atoms with Crippen molar-refractivity contribution in [1.82, 2.24) is 10.2 Å². The molecule has 1 fully saturated rings. The third-order valence-corrected chi connectivity index (χ3v) is 3.94. The number of rotatable bonds is 7. The summed E-state index contributed by atoms with van der Waals surface area (Å²) >= 11 is 0. The second kappa shape index (κ2) is 7.94. The van der Waals surface area contributed by atoms with Gasteiger partial charge in [-0.15, -0.1) is 0 Å². The predicted molar refractivity (Wildman–Crippen MR) is 84.7 cm³/mol. The van der Waals surface area contributed by atoms with Crippen LogP contribution >= 0.6 is 0 Å². The zero-order valence-electron chi connectivity index (χ0n) is 13.3. The number of likely N-dealkylation sites (tertiary alicyclic amines) is 1. The van der Waals surface area contributed by atoms with Crippen molar-refractivity contribution in [3.63, 3.8) is 0 Å². The summed E-state index contributed by atoms with van der Waals surface area (Å²) < 4.78 is 5.03. The Hall–Kier alpha value is -1.88. The van der Waals surface area contributed by atoms with Crippen LogP contribution in [0.5, 0.6) is 0 Å². The average molecular weight is 304 g/mol. The summed E-state index contributed by atoms with van der Waals surface area (Å²) in [5, 5.41) is 2.78. The van der Waals surface area contributed by atoms with E-state index in [0.717, 1.165) is 13.0 Å². The Bertz CT molecular complexity index is 513. The molecule has 22 heavy (non-hydrogen) atoms. The molecule has 1 aliphatic rings. The lowest BCUT2D eigenvalue weighted by atomic mass is 9.97. The second-order valence-corrected chi connectivity index (χ2v) is 5.66. The van der Waals surface area contributed by atoms with E-state index in [1.165, 1.54) is 5.56 Å². The van der Waals surface area contributed by atoms with Crippen molar-refractivity contribution >= 4 is 11.8 Å². The Morgan fingerprint density at radius 2 is 2.09 bits per heavy atom. The minimum atomic E-state index is -0.0455. The third-order valence-electron chi connectivity index (χ3n) is 3.94. The van der Waals surface area contributed by atoms with E-state index >= 15 is 0 Å². The number of amides is 2. The number of nitrogens with zero attached hydrogens (tertiary/aromatic N) is 1. The summed E-state index contributed by atoms with van der Waals surface area (Å²) in [5.41, 5.74) is 1.84. The van der Waals surface area contributed by atoms with E-state index in [-0.39, 0.29) is 11.8 Å². The van der Waals surface area contributed by atoms with E-state index < -0.39 is 0 Å². The number of hydrogen-bond donors (Lipinski definition) is 1. The molecule has 1 aliphatic heterocycles. The molecule has 1 heterocycles. The van der Waals surface area contributed by atoms with Crippen LogP contribution in [0.2, 0.25) is 0 Å². The number of carbonyl (C=O) groups excluding carboxylic acids is 2. The lowest BCUT2D eigenvalue weighted by Gasteiger charge is -2.16. The zero-order valence-corrected chi connectivity index (χ0v) is 13.3. The first-order valence-electron chi connectivity index (χ1n) is 7.78. The van der Waals surface area contributed by atoms with Gasteiger partial charge in [0.1, 0.15) is 0 Å². The molecule has 1 aromatic rings. The topological polar surface area (TPSA) is 58.6 Å². The smallest absolute Gasteiger partial charge is 0.251 e. The zero-order chi connectivity index (χ0) is 15.9. The molecule has 120 valence electrons. The Morgan fingerprint density at radius 1 is 1.36 bits per heavy atom. The summed E-state index contributed by atoms with van der Waals surface area (Å²) in [6, 6.07) is 7.65. The van der Waals surface area contributed by atoms with Crippen LogP contribution < -0.4 is 5.32 Å². The molecule has 0 radical (unpaired) electrons. The summed E-state index contributed by atoms with van der Waals surface area (Å²) in [6.07, 6.45) is 1.46. The number of carbonyl (C=O) groups is 2. The highest BCUT2D eigenvalue weighted by Crippen LogP contribution is 2.22. The number of hydrogen-bond acceptors (Lipinski definition) is 3. The molecule has 5 heteroatoms. The SMILES string of the molecule is CCNC(=O)c1ccc(C[C@@H]2CC(=O)N(CCOC)C2)cc1. The minimum absolute atomic E-state index is 0.0455. The first-order valence-corrected chi connectivity index (χ1v) is 7.78. The Balaban J connectivity index is 1.89. The largest absolute Gasteiger partial charge is 0.383 e. The molecular formula is C17H24N2O3. The summed E-state index contributed by atoms with van der Waals surface area (Å²) in [4.78, 5) is 25.5. The Labute approximate surface area is 131 Å². The lowest BCUT2D eigenvalue weighted by Crippen LogP contribution is -2.28. The first-order chi connectivity index (χ1) is 10.6. The van der Waals surface area contributed by atoms with Crippen molar-refractivity contribution in [2.45, 2.75) is 19.8 Å². The van der Waals surface area contributed by atoms with Crippen LogP contribution in [-0.4, -0.2) is 50.1 Å². The second-order valence-electron chi connectivity index (χ2n) is 5.66. The van der Waals surface area contributed by atoms with E-state index in [1.807, 2.05) is 36.1 Å². The normalized spacial score (nSPS) is 17.8. The van der Waals surface area contributed by atoms with Crippen molar-refractivity contribution < 1.29 is 14.3 Å². The van der Waals surface area contributed by atoms with Crippen LogP contribution in [0.15, 0.2) is 24.3 Å². The third kappa shape index (κ3) is 4.31. The van der Waals surface area contributed by atoms with Gasteiger partial charge in [0.25, 0.3) is 5.91 Å². The molecular weight excluding hydrogens is 280 g/mol. The quantitative estimate of drug-likeness (QED) is 0.830. The number of ether oxygens (including phenoxy) is 1. The highest BCUT2D eigenvalue weighted by atomic mass is 16.5. The molecule has 0 aromatic heterocycles. The fourth-order valence-electron chi connectivity index (χ4n) is 2.80. The van der Waals surface area contributed by atoms with Gasteiger partial charge in [-0.25, -0.2) is 0 Å². The number of nitrogens with one attached hydrogen (secondary N) is 1. The molecule has 0 aliphatic carbocycles. The first kappa shape index (κ1) is 16.5. The van der Waals surface area contributed by atoms with Gasteiger partial charge in [0, 0.05) is 38.7 Å². The lowest BCUT2D eigenvalue weighted by molar-refractivity contribution is -0.128. The highest BCUT2D eigenvalue weighted by molar-refractivity contribution is 5.94. The maximum absolute atomic E-state index is 11.9. The van der Waals surface area contributed by atoms with Crippen molar-refractivity contribution in [2.75, 3.05) is 33.4 Å². The summed E-state index contributed by atoms with van der Waals surface area (Å²) in [6.45, 7) is 4.57. The molecule has 0 spiro atoms. The molecule has 0 bridgehead atoms. The van der Waals surface area contributed by atoms with Crippen molar-refractivity contribution in [3.8, 4) is 0 Å². The standard InChI is InChI=1S/C17H24N2O3/c1-3-18-17(21)15-6-4-13(5-7-15)10-14-11-16(20)19(12-14)8-9-22-2/h4-7,14H,3,8-12H2,1-2H3,(H,18,21)/t14-/m1/s1. The minimum Gasteiger partial charge on any atom is -0.383 e. The monoisotopic (exact) mass is 304 g/mol. The maximum atomic E-state index is 11.9. The van der Waals surface area contributed by atoms with Gasteiger partial charge in [-0.2, -0.15) is 0 Å². The maximum Gasteiger partial charge on any atom is 0.251 e. The van der Waals surface area contributed by atoms with E-state index in [9.17, 15) is 9.59 Å². The Morgan fingerprint density at radius 3 is 2.73 bits per heavy atom. The highest BCUT2D eigenvalue weighted by Gasteiger charge is 2.29. The van der Waals surface area contributed by atoms with Crippen LogP contribution in [0.1, 0.15) is 29.3 Å². The fraction of sp³-hybridized carbons (Fsp3) is 0.529. The number of benzene rings is 1. The van der Waals surface area contributed by atoms with Crippen LogP contribution in [0.4, 0.5) is 0 Å². The van der Waals surface area contributed by atoms with Gasteiger partial charge in [0.2, 0.25) is 5.91 Å². The van der Waals surface area contributed by atoms with Crippen LogP contribution in [0.3, 0.4) is 0 Å². The van der Waals surface area contributed by atoms with Gasteiger partial charge in [-0.3, -0.25) is 9.59 Å². The molecule has 2 rings (SSSR count). The van der Waals surface area contributed by atoms with E-state index in [2.05, 4.69) is 5.32 Å². The number of methoxy groups -OCH3 is 1. The molecule has 1 N–H and O–H groups in total. The molecule has 1 atom stereocenters. The van der Waals surface area contributed by atoms with Crippen LogP contribution in [0.25, 0.3) is 0 Å². The van der Waals surface area contributed by atoms with E-state index in [4.69, 9.17) is 4.74 Å². The Kier molecular flexibility index (Phi) is 5.95. The molecule has 5 nitrogen and oxygen atoms in total. The van der Waals surface area contributed by atoms with Crippen molar-refractivity contribution in [3.05, 3.63) is 35.4 Å². The van der Waals surface area contributed by atoms with Gasteiger partial charge in [0.05, 0.1) is 6.61 Å². The molecule has 0 saturated carbocycles. The van der Waals surface area contributed by atoms with E-state index in [0.29, 0.717) is 37.6 Å². The van der Waals surface area contributed by atoms with E-state index in [1.54, 1.807) is 7.11 Å². The predicted octanol–water partition coefficient (Wildman–Crippen LogP) is 1.47. The molecule has 0 unspecified atom stereocenters. The van der Waals surface area contributed by atoms with Gasteiger partial charge >= 0.3 is 0 Å². The van der Waals surface area contributed by atoms with Crippen LogP contribution in [0, 0.1) is 5.92 Å². The summed E-state index contributed by atoms with van der Waals surface area (Å²) in [5.74, 6) is 0.511. The van der Waals surface area contributed by atoms with Crippen LogP contribution in [-0.2, 0) is 16.0 Å². The van der Waals surface area contributed by atoms with Crippen molar-refractivity contribution in [2.24, 2.45) is 5.92 Å². The molecule has 1 aromatic carbocycles. The fourth-order valence-corrected chi connectivity index (χ4v) is 2.80.